The van der Waals surface area contributed by atoms with Crippen LogP contribution < -0.4 is 10.1 Å². The van der Waals surface area contributed by atoms with E-state index in [1.54, 1.807) is 31.6 Å². The predicted molar refractivity (Wildman–Crippen MR) is 102 cm³/mol. The number of thiazole rings is 1. The summed E-state index contributed by atoms with van der Waals surface area (Å²) < 4.78 is 11.2. The monoisotopic (exact) mass is 378 g/mol. The summed E-state index contributed by atoms with van der Waals surface area (Å²) in [6, 6.07) is 4.32. The highest BCUT2D eigenvalue weighted by Gasteiger charge is 2.27. The number of aliphatic hydroxyl groups is 1. The first kappa shape index (κ1) is 19.0. The number of aromatic nitrogens is 2. The number of nitrogens with one attached hydrogen (secondary N) is 1. The number of nitrogens with zero attached hydrogens (tertiary/aromatic N) is 3. The Labute approximate surface area is 158 Å². The molecule has 1 aliphatic heterocycles. The van der Waals surface area contributed by atoms with E-state index in [0.717, 1.165) is 30.2 Å². The van der Waals surface area contributed by atoms with E-state index in [9.17, 15) is 5.11 Å². The minimum absolute atomic E-state index is 0.140. The Morgan fingerprint density at radius 2 is 2.35 bits per heavy atom. The molecule has 1 aliphatic rings. The lowest BCUT2D eigenvalue weighted by Crippen LogP contribution is -2.48. The van der Waals surface area contributed by atoms with E-state index in [1.807, 2.05) is 18.3 Å². The minimum atomic E-state index is -0.599. The number of methoxy groups -OCH3 is 1. The van der Waals surface area contributed by atoms with Gasteiger partial charge in [-0.05, 0) is 25.5 Å². The molecule has 2 N–H and O–H groups in total. The Balaban J connectivity index is 1.59. The molecule has 0 aliphatic carbocycles. The number of rotatable bonds is 7. The van der Waals surface area contributed by atoms with Gasteiger partial charge in [0.2, 0.25) is 5.88 Å². The van der Waals surface area contributed by atoms with Crippen LogP contribution in [-0.2, 0) is 17.7 Å². The molecule has 0 aromatic carbocycles. The third-order valence-electron chi connectivity index (χ3n) is 4.35. The van der Waals surface area contributed by atoms with E-state index >= 15 is 0 Å². The van der Waals surface area contributed by atoms with Crippen molar-refractivity contribution in [3.63, 3.8) is 0 Å². The Morgan fingerprint density at radius 3 is 3.12 bits per heavy atom. The first-order valence-electron chi connectivity index (χ1n) is 8.77. The highest BCUT2D eigenvalue weighted by molar-refractivity contribution is 7.15. The minimum Gasteiger partial charge on any atom is -0.481 e. The molecule has 7 nitrogen and oxygen atoms in total. The molecule has 0 amide bonds. The van der Waals surface area contributed by atoms with Gasteiger partial charge in [0.15, 0.2) is 5.13 Å². The lowest BCUT2D eigenvalue weighted by molar-refractivity contribution is -0.0603. The Morgan fingerprint density at radius 1 is 1.50 bits per heavy atom. The summed E-state index contributed by atoms with van der Waals surface area (Å²) in [7, 11) is 1.63. The van der Waals surface area contributed by atoms with Gasteiger partial charge in [0.1, 0.15) is 6.23 Å². The fraction of sp³-hybridized carbons (Fsp3) is 0.556. The third kappa shape index (κ3) is 5.14. The maximum Gasteiger partial charge on any atom is 0.213 e. The van der Waals surface area contributed by atoms with Crippen LogP contribution in [0.15, 0.2) is 24.5 Å². The molecule has 8 heteroatoms. The summed E-state index contributed by atoms with van der Waals surface area (Å²) >= 11 is 1.58. The standard InChI is InChI=1S/C18H26N4O3S/c1-12-11-25-15(6-14-4-5-19-17(7-14)24-3)9-22(12)10-16-8-20-18(26-16)21-13(2)23/h4-5,7-8,12-13,15,23H,6,9-11H2,1-3H3,(H,20,21)/t12-,13?,15+/m0/s1. The van der Waals surface area contributed by atoms with Crippen molar-refractivity contribution < 1.29 is 14.6 Å². The van der Waals surface area contributed by atoms with Crippen LogP contribution in [-0.4, -0.2) is 58.6 Å². The fourth-order valence-corrected chi connectivity index (χ4v) is 3.92. The summed E-state index contributed by atoms with van der Waals surface area (Å²) in [4.78, 5) is 12.1. The molecule has 3 heterocycles. The molecule has 0 saturated carbocycles. The van der Waals surface area contributed by atoms with Gasteiger partial charge in [0.25, 0.3) is 0 Å². The van der Waals surface area contributed by atoms with Gasteiger partial charge in [0.05, 0.1) is 19.8 Å². The van der Waals surface area contributed by atoms with Crippen molar-refractivity contribution in [1.29, 1.82) is 0 Å². The summed E-state index contributed by atoms with van der Waals surface area (Å²) in [6.07, 6.45) is 4.02. The van der Waals surface area contributed by atoms with Crippen LogP contribution in [0, 0.1) is 0 Å². The van der Waals surface area contributed by atoms with Crippen molar-refractivity contribution in [1.82, 2.24) is 14.9 Å². The number of morpholine rings is 1. The smallest absolute Gasteiger partial charge is 0.213 e. The maximum absolute atomic E-state index is 9.41. The summed E-state index contributed by atoms with van der Waals surface area (Å²) in [5.41, 5.74) is 1.16. The van der Waals surface area contributed by atoms with Gasteiger partial charge in [-0.15, -0.1) is 11.3 Å². The molecule has 2 aromatic rings. The number of hydrogen-bond acceptors (Lipinski definition) is 8. The van der Waals surface area contributed by atoms with Crippen molar-refractivity contribution in [2.45, 2.75) is 45.2 Å². The molecule has 26 heavy (non-hydrogen) atoms. The lowest BCUT2D eigenvalue weighted by Gasteiger charge is -2.37. The van der Waals surface area contributed by atoms with Gasteiger partial charge in [-0.3, -0.25) is 4.90 Å². The maximum atomic E-state index is 9.41. The zero-order valence-corrected chi connectivity index (χ0v) is 16.2. The van der Waals surface area contributed by atoms with E-state index in [1.165, 1.54) is 4.88 Å². The van der Waals surface area contributed by atoms with Crippen molar-refractivity contribution >= 4 is 16.5 Å². The van der Waals surface area contributed by atoms with Crippen molar-refractivity contribution in [3.8, 4) is 5.88 Å². The largest absolute Gasteiger partial charge is 0.481 e. The van der Waals surface area contributed by atoms with Crippen LogP contribution in [0.4, 0.5) is 5.13 Å². The normalized spacial score (nSPS) is 22.2. The molecule has 142 valence electrons. The average molecular weight is 378 g/mol. The molecule has 3 rings (SSSR count). The molecule has 1 saturated heterocycles. The van der Waals surface area contributed by atoms with Gasteiger partial charge in [0, 0.05) is 48.9 Å². The molecule has 0 spiro atoms. The van der Waals surface area contributed by atoms with Crippen LogP contribution in [0.1, 0.15) is 24.3 Å². The number of ether oxygens (including phenoxy) is 2. The van der Waals surface area contributed by atoms with Gasteiger partial charge >= 0.3 is 0 Å². The molecule has 2 aromatic heterocycles. The summed E-state index contributed by atoms with van der Waals surface area (Å²) in [6.45, 7) is 6.28. The number of hydrogen-bond donors (Lipinski definition) is 2. The molecule has 3 atom stereocenters. The van der Waals surface area contributed by atoms with Crippen molar-refractivity contribution in [3.05, 3.63) is 35.0 Å². The van der Waals surface area contributed by atoms with Crippen LogP contribution in [0.25, 0.3) is 0 Å². The van der Waals surface area contributed by atoms with Gasteiger partial charge < -0.3 is 19.9 Å². The Hall–Kier alpha value is -1.74. The molecule has 0 bridgehead atoms. The van der Waals surface area contributed by atoms with E-state index in [4.69, 9.17) is 9.47 Å². The number of pyridine rings is 1. The van der Waals surface area contributed by atoms with E-state index < -0.39 is 6.23 Å². The number of anilines is 1. The zero-order valence-electron chi connectivity index (χ0n) is 15.4. The highest BCUT2D eigenvalue weighted by atomic mass is 32.1. The van der Waals surface area contributed by atoms with Crippen LogP contribution in [0.2, 0.25) is 0 Å². The van der Waals surface area contributed by atoms with E-state index in [2.05, 4.69) is 27.1 Å². The second-order valence-electron chi connectivity index (χ2n) is 6.60. The molecular formula is C18H26N4O3S. The van der Waals surface area contributed by atoms with Crippen molar-refractivity contribution in [2.24, 2.45) is 0 Å². The quantitative estimate of drug-likeness (QED) is 0.715. The van der Waals surface area contributed by atoms with Crippen molar-refractivity contribution in [2.75, 3.05) is 25.6 Å². The molecular weight excluding hydrogens is 352 g/mol. The molecule has 0 radical (unpaired) electrons. The van der Waals surface area contributed by atoms with Gasteiger partial charge in [-0.25, -0.2) is 9.97 Å². The predicted octanol–water partition coefficient (Wildman–Crippen LogP) is 2.13. The SMILES string of the molecule is COc1cc(C[C@@H]2CN(Cc3cnc(NC(C)O)s3)[C@@H](C)CO2)ccn1. The second kappa shape index (κ2) is 8.77. The van der Waals surface area contributed by atoms with Crippen LogP contribution >= 0.6 is 11.3 Å². The molecule has 1 fully saturated rings. The van der Waals surface area contributed by atoms with Gasteiger partial charge in [-0.1, -0.05) is 0 Å². The van der Waals surface area contributed by atoms with Gasteiger partial charge in [-0.2, -0.15) is 0 Å². The fourth-order valence-electron chi connectivity index (χ4n) is 3.00. The number of aliphatic hydroxyl groups excluding tert-OH is 1. The summed E-state index contributed by atoms with van der Waals surface area (Å²) in [5, 5.41) is 13.1. The van der Waals surface area contributed by atoms with E-state index in [0.29, 0.717) is 18.5 Å². The van der Waals surface area contributed by atoms with Crippen LogP contribution in [0.3, 0.4) is 0 Å². The third-order valence-corrected chi connectivity index (χ3v) is 5.26. The van der Waals surface area contributed by atoms with Crippen LogP contribution in [0.5, 0.6) is 5.88 Å². The topological polar surface area (TPSA) is 79.7 Å². The first-order valence-corrected chi connectivity index (χ1v) is 9.59. The highest BCUT2D eigenvalue weighted by Crippen LogP contribution is 2.24. The lowest BCUT2D eigenvalue weighted by atomic mass is 10.1. The first-order chi connectivity index (χ1) is 12.5. The Kier molecular flexibility index (Phi) is 6.42. The zero-order chi connectivity index (χ0) is 18.5. The average Bonchev–Trinajstić information content (AvgIpc) is 3.04. The Bertz CT molecular complexity index is 709. The summed E-state index contributed by atoms with van der Waals surface area (Å²) in [5.74, 6) is 0.631. The second-order valence-corrected chi connectivity index (χ2v) is 7.71. The van der Waals surface area contributed by atoms with E-state index in [-0.39, 0.29) is 6.10 Å². The molecule has 1 unspecified atom stereocenters.